The lowest BCUT2D eigenvalue weighted by Crippen LogP contribution is -2.61. The fraction of sp³-hybridized carbons (Fsp3) is 0.450. The highest BCUT2D eigenvalue weighted by molar-refractivity contribution is 5.87. The van der Waals surface area contributed by atoms with Gasteiger partial charge in [0, 0.05) is 0 Å². The molecule has 5 atom stereocenters. The summed E-state index contributed by atoms with van der Waals surface area (Å²) in [5, 5.41) is 23.4. The van der Waals surface area contributed by atoms with Crippen LogP contribution in [-0.2, 0) is 38.5 Å². The maximum Gasteiger partial charge on any atom is 0.408 e. The van der Waals surface area contributed by atoms with Crippen LogP contribution < -0.4 is 21.3 Å². The molecule has 0 radical (unpaired) electrons. The van der Waals surface area contributed by atoms with Gasteiger partial charge in [0.25, 0.3) is 0 Å². The summed E-state index contributed by atoms with van der Waals surface area (Å²) < 4.78 is 10.8. The molecule has 0 aliphatic heterocycles. The Labute approximate surface area is 301 Å². The van der Waals surface area contributed by atoms with Crippen molar-refractivity contribution < 1.29 is 33.8 Å². The molecule has 11 nitrogen and oxygen atoms in total. The van der Waals surface area contributed by atoms with Crippen molar-refractivity contribution in [2.45, 2.75) is 104 Å². The highest BCUT2D eigenvalue weighted by Crippen LogP contribution is 2.16. The second-order valence-electron chi connectivity index (χ2n) is 14.4. The molecule has 3 aromatic carbocycles. The summed E-state index contributed by atoms with van der Waals surface area (Å²) >= 11 is 0. The molecule has 3 aromatic rings. The summed E-state index contributed by atoms with van der Waals surface area (Å²) in [6.07, 6.45) is -2.34. The number of carbonyl (C=O) groups is 4. The number of alkyl carbamates (subject to hydrolysis) is 2. The summed E-state index contributed by atoms with van der Waals surface area (Å²) in [5.41, 5.74) is 1.72. The number of carbonyl (C=O) groups excluding carboxylic acids is 4. The Balaban J connectivity index is 1.88. The van der Waals surface area contributed by atoms with Gasteiger partial charge in [-0.1, -0.05) is 119 Å². The van der Waals surface area contributed by atoms with E-state index in [2.05, 4.69) is 21.3 Å². The van der Waals surface area contributed by atoms with Crippen molar-refractivity contribution in [2.24, 2.45) is 11.8 Å². The van der Waals surface area contributed by atoms with Gasteiger partial charge in [-0.15, -0.1) is 0 Å². The van der Waals surface area contributed by atoms with Crippen molar-refractivity contribution >= 4 is 24.0 Å². The van der Waals surface area contributed by atoms with E-state index >= 15 is 0 Å². The topological polar surface area (TPSA) is 155 Å². The van der Waals surface area contributed by atoms with Crippen LogP contribution in [0.5, 0.6) is 0 Å². The van der Waals surface area contributed by atoms with Crippen molar-refractivity contribution in [3.8, 4) is 0 Å². The average Bonchev–Trinajstić information content (AvgIpc) is 3.08. The van der Waals surface area contributed by atoms with E-state index in [1.807, 2.05) is 91.0 Å². The monoisotopic (exact) mass is 702 g/mol. The van der Waals surface area contributed by atoms with Gasteiger partial charge in [0.15, 0.2) is 0 Å². The lowest BCUT2D eigenvalue weighted by atomic mass is 9.91. The molecule has 3 unspecified atom stereocenters. The quantitative estimate of drug-likeness (QED) is 0.136. The Bertz CT molecular complexity index is 1530. The molecule has 0 heterocycles. The van der Waals surface area contributed by atoms with Gasteiger partial charge in [-0.05, 0) is 62.1 Å². The maximum atomic E-state index is 13.9. The Kier molecular flexibility index (Phi) is 15.5. The van der Waals surface area contributed by atoms with E-state index in [1.165, 1.54) is 0 Å². The van der Waals surface area contributed by atoms with E-state index in [4.69, 9.17) is 9.47 Å². The zero-order valence-corrected chi connectivity index (χ0v) is 30.7. The number of aliphatic hydroxyl groups excluding tert-OH is 1. The Morgan fingerprint density at radius 3 is 1.33 bits per heavy atom. The van der Waals surface area contributed by atoms with Gasteiger partial charge in [-0.25, -0.2) is 9.59 Å². The molecule has 0 saturated heterocycles. The molecule has 5 N–H and O–H groups in total. The molecular formula is C40H54N4O7. The Morgan fingerprint density at radius 2 is 0.961 bits per heavy atom. The van der Waals surface area contributed by atoms with Crippen LogP contribution in [0.4, 0.5) is 9.59 Å². The average molecular weight is 703 g/mol. The van der Waals surface area contributed by atoms with Gasteiger partial charge >= 0.3 is 12.2 Å². The molecule has 0 aliphatic rings. The van der Waals surface area contributed by atoms with E-state index in [0.29, 0.717) is 0 Å². The minimum atomic E-state index is -1.30. The first-order valence-electron chi connectivity index (χ1n) is 17.5. The van der Waals surface area contributed by atoms with Crippen LogP contribution in [0.2, 0.25) is 0 Å². The second-order valence-corrected chi connectivity index (χ2v) is 14.4. The number of hydrogen-bond acceptors (Lipinski definition) is 7. The van der Waals surface area contributed by atoms with Gasteiger partial charge in [-0.2, -0.15) is 0 Å². The first-order chi connectivity index (χ1) is 24.1. The third-order valence-electron chi connectivity index (χ3n) is 8.13. The third-order valence-corrected chi connectivity index (χ3v) is 8.13. The summed E-state index contributed by atoms with van der Waals surface area (Å²) in [6, 6.07) is 24.2. The highest BCUT2D eigenvalue weighted by atomic mass is 16.6. The molecule has 276 valence electrons. The van der Waals surface area contributed by atoms with Crippen molar-refractivity contribution in [2.75, 3.05) is 0 Å². The predicted molar refractivity (Wildman–Crippen MR) is 197 cm³/mol. The standard InChI is InChI=1S/C40H54N4O7/c1-26(2)33(43-38(48)50-25-30-21-15-10-16-22-30)36(46)41-31(23-28-17-11-8-12-18-28)35(45)32(24-29-19-13-9-14-20-29)42-37(47)34(27(3)4)44-39(49)51-40(5,6)7/h8-22,26-27,31-35,45H,23-25H2,1-7H3,(H,41,46)(H,42,47)(H,43,48)(H,44,49)/t31?,32?,33-,34-,35?/m0/s1. The molecule has 11 heteroatoms. The molecule has 0 bridgehead atoms. The van der Waals surface area contributed by atoms with E-state index in [0.717, 1.165) is 16.7 Å². The summed E-state index contributed by atoms with van der Waals surface area (Å²) in [4.78, 5) is 53.2. The van der Waals surface area contributed by atoms with Crippen LogP contribution in [0, 0.1) is 11.8 Å². The van der Waals surface area contributed by atoms with Crippen molar-refractivity contribution in [1.29, 1.82) is 0 Å². The van der Waals surface area contributed by atoms with E-state index in [-0.39, 0.29) is 31.3 Å². The number of rotatable bonds is 16. The molecule has 0 aromatic heterocycles. The van der Waals surface area contributed by atoms with E-state index in [9.17, 15) is 24.3 Å². The van der Waals surface area contributed by atoms with Gasteiger partial charge in [0.2, 0.25) is 11.8 Å². The molecule has 3 rings (SSSR count). The van der Waals surface area contributed by atoms with Gasteiger partial charge in [0.1, 0.15) is 24.3 Å². The maximum absolute atomic E-state index is 13.9. The number of benzene rings is 3. The predicted octanol–water partition coefficient (Wildman–Crippen LogP) is 5.30. The van der Waals surface area contributed by atoms with Gasteiger partial charge in [-0.3, -0.25) is 9.59 Å². The molecule has 0 fully saturated rings. The minimum Gasteiger partial charge on any atom is -0.445 e. The number of hydrogen-bond donors (Lipinski definition) is 5. The zero-order chi connectivity index (χ0) is 37.6. The van der Waals surface area contributed by atoms with Crippen LogP contribution in [0.25, 0.3) is 0 Å². The number of nitrogens with one attached hydrogen (secondary N) is 4. The Morgan fingerprint density at radius 1 is 0.588 bits per heavy atom. The third kappa shape index (κ3) is 14.1. The molecule has 0 spiro atoms. The fourth-order valence-corrected chi connectivity index (χ4v) is 5.47. The highest BCUT2D eigenvalue weighted by Gasteiger charge is 2.36. The first-order valence-corrected chi connectivity index (χ1v) is 17.5. The molecule has 4 amide bonds. The van der Waals surface area contributed by atoms with Crippen LogP contribution in [0.15, 0.2) is 91.0 Å². The van der Waals surface area contributed by atoms with Crippen molar-refractivity contribution in [1.82, 2.24) is 21.3 Å². The lowest BCUT2D eigenvalue weighted by molar-refractivity contribution is -0.126. The molecule has 51 heavy (non-hydrogen) atoms. The second kappa shape index (κ2) is 19.5. The summed E-state index contributed by atoms with van der Waals surface area (Å²) in [6.45, 7) is 12.4. The number of amides is 4. The van der Waals surface area contributed by atoms with Gasteiger partial charge in [0.05, 0.1) is 18.2 Å². The molecular weight excluding hydrogens is 648 g/mol. The van der Waals surface area contributed by atoms with Crippen LogP contribution in [0.1, 0.15) is 65.2 Å². The largest absolute Gasteiger partial charge is 0.445 e. The fourth-order valence-electron chi connectivity index (χ4n) is 5.47. The van der Waals surface area contributed by atoms with E-state index in [1.54, 1.807) is 48.5 Å². The normalized spacial score (nSPS) is 14.4. The SMILES string of the molecule is CC(C)[C@H](NC(=O)OCc1ccccc1)C(=O)NC(Cc1ccccc1)C(O)C(Cc1ccccc1)NC(=O)[C@@H](NC(=O)OC(C)(C)C)C(C)C. The molecule has 0 saturated carbocycles. The summed E-state index contributed by atoms with van der Waals surface area (Å²) in [7, 11) is 0. The zero-order valence-electron chi connectivity index (χ0n) is 30.7. The number of aliphatic hydroxyl groups is 1. The lowest BCUT2D eigenvalue weighted by Gasteiger charge is -2.34. The molecule has 0 aliphatic carbocycles. The number of ether oxygens (including phenoxy) is 2. The smallest absolute Gasteiger partial charge is 0.408 e. The summed E-state index contributed by atoms with van der Waals surface area (Å²) in [5.74, 6) is -1.66. The van der Waals surface area contributed by atoms with E-state index < -0.39 is 59.9 Å². The van der Waals surface area contributed by atoms with Crippen molar-refractivity contribution in [3.63, 3.8) is 0 Å². The van der Waals surface area contributed by atoms with Crippen LogP contribution in [-0.4, -0.2) is 65.0 Å². The van der Waals surface area contributed by atoms with Crippen LogP contribution >= 0.6 is 0 Å². The Hall–Kier alpha value is -4.90. The van der Waals surface area contributed by atoms with Crippen molar-refractivity contribution in [3.05, 3.63) is 108 Å². The first kappa shape index (κ1) is 40.5. The minimum absolute atomic E-state index is 0.0372. The van der Waals surface area contributed by atoms with Gasteiger partial charge < -0.3 is 35.8 Å². The van der Waals surface area contributed by atoms with Crippen LogP contribution in [0.3, 0.4) is 0 Å².